The molecule has 5 nitrogen and oxygen atoms in total. The van der Waals surface area contributed by atoms with Crippen LogP contribution in [0.5, 0.6) is 0 Å². The van der Waals surface area contributed by atoms with Crippen LogP contribution in [0.4, 0.5) is 5.69 Å². The molecule has 0 saturated heterocycles. The second-order valence-electron chi connectivity index (χ2n) is 6.09. The van der Waals surface area contributed by atoms with Gasteiger partial charge in [-0.15, -0.1) is 0 Å². The number of aryl methyl sites for hydroxylation is 2. The Bertz CT molecular complexity index is 1000. The van der Waals surface area contributed by atoms with Crippen LogP contribution >= 0.6 is 11.6 Å². The molecule has 1 amide bonds. The minimum absolute atomic E-state index is 0.0272. The number of halogens is 1. The molecule has 0 aliphatic rings. The molecule has 27 heavy (non-hydrogen) atoms. The summed E-state index contributed by atoms with van der Waals surface area (Å²) in [5.41, 5.74) is 3.04. The quantitative estimate of drug-likeness (QED) is 0.684. The molecule has 0 unspecified atom stereocenters. The summed E-state index contributed by atoms with van der Waals surface area (Å²) in [6, 6.07) is 12.9. The zero-order valence-electron chi connectivity index (χ0n) is 15.2. The number of para-hydroxylation sites is 1. The van der Waals surface area contributed by atoms with Gasteiger partial charge in [-0.3, -0.25) is 9.59 Å². The zero-order chi connectivity index (χ0) is 19.4. The van der Waals surface area contributed by atoms with E-state index in [1.807, 2.05) is 32.0 Å². The number of carbonyl (C=O) groups excluding carboxylic acids is 1. The lowest BCUT2D eigenvalue weighted by Gasteiger charge is -2.14. The van der Waals surface area contributed by atoms with E-state index in [4.69, 9.17) is 11.6 Å². The first kappa shape index (κ1) is 18.9. The summed E-state index contributed by atoms with van der Waals surface area (Å²) >= 11 is 5.88. The van der Waals surface area contributed by atoms with Crippen molar-refractivity contribution in [2.24, 2.45) is 0 Å². The van der Waals surface area contributed by atoms with Gasteiger partial charge in [0.1, 0.15) is 11.4 Å². The number of aromatic nitrogens is 2. The zero-order valence-corrected chi connectivity index (χ0v) is 15.9. The SMILES string of the molecule is CCc1cccc(CC)c1NC(=O)c1cnc(-c2ccc(Cl)cc2)[nH]c1=O. The van der Waals surface area contributed by atoms with E-state index in [2.05, 4.69) is 15.3 Å². The van der Waals surface area contributed by atoms with Crippen LogP contribution in [0.1, 0.15) is 35.3 Å². The topological polar surface area (TPSA) is 74.8 Å². The first-order valence-electron chi connectivity index (χ1n) is 8.80. The van der Waals surface area contributed by atoms with Gasteiger partial charge in [-0.25, -0.2) is 4.98 Å². The Labute approximate surface area is 162 Å². The third-order valence-corrected chi connectivity index (χ3v) is 4.65. The molecule has 0 bridgehead atoms. The predicted molar refractivity (Wildman–Crippen MR) is 108 cm³/mol. The summed E-state index contributed by atoms with van der Waals surface area (Å²) in [7, 11) is 0. The lowest BCUT2D eigenvalue weighted by Crippen LogP contribution is -2.25. The largest absolute Gasteiger partial charge is 0.321 e. The molecule has 0 fully saturated rings. The third kappa shape index (κ3) is 4.09. The van der Waals surface area contributed by atoms with Gasteiger partial charge in [0, 0.05) is 22.5 Å². The van der Waals surface area contributed by atoms with Crippen LogP contribution < -0.4 is 10.9 Å². The maximum atomic E-state index is 12.7. The van der Waals surface area contributed by atoms with E-state index in [1.165, 1.54) is 6.20 Å². The molecule has 2 aromatic carbocycles. The molecular weight excluding hydrogens is 362 g/mol. The number of aromatic amines is 1. The summed E-state index contributed by atoms with van der Waals surface area (Å²) in [6.45, 7) is 4.05. The number of H-pyrrole nitrogens is 1. The third-order valence-electron chi connectivity index (χ3n) is 4.40. The van der Waals surface area contributed by atoms with Crippen LogP contribution in [-0.4, -0.2) is 15.9 Å². The van der Waals surface area contributed by atoms with Gasteiger partial charge in [-0.1, -0.05) is 43.6 Å². The molecule has 6 heteroatoms. The van der Waals surface area contributed by atoms with Gasteiger partial charge in [0.15, 0.2) is 0 Å². The molecule has 2 N–H and O–H groups in total. The Morgan fingerprint density at radius 1 is 1.07 bits per heavy atom. The molecule has 1 aromatic heterocycles. The van der Waals surface area contributed by atoms with E-state index in [0.717, 1.165) is 29.7 Å². The van der Waals surface area contributed by atoms with Crippen LogP contribution in [-0.2, 0) is 12.8 Å². The summed E-state index contributed by atoms with van der Waals surface area (Å²) in [4.78, 5) is 32.0. The predicted octanol–water partition coefficient (Wildman–Crippen LogP) is 4.47. The van der Waals surface area contributed by atoms with Crippen molar-refractivity contribution in [3.63, 3.8) is 0 Å². The molecule has 1 heterocycles. The molecular formula is C21H20ClN3O2. The van der Waals surface area contributed by atoms with E-state index < -0.39 is 11.5 Å². The van der Waals surface area contributed by atoms with E-state index in [9.17, 15) is 9.59 Å². The van der Waals surface area contributed by atoms with Crippen molar-refractivity contribution in [1.29, 1.82) is 0 Å². The van der Waals surface area contributed by atoms with Crippen LogP contribution in [0.3, 0.4) is 0 Å². The average Bonchev–Trinajstić information content (AvgIpc) is 2.68. The molecule has 0 saturated carbocycles. The van der Waals surface area contributed by atoms with Crippen molar-refractivity contribution in [2.45, 2.75) is 26.7 Å². The summed E-state index contributed by atoms with van der Waals surface area (Å²) in [6.07, 6.45) is 2.87. The van der Waals surface area contributed by atoms with Gasteiger partial charge < -0.3 is 10.3 Å². The normalized spacial score (nSPS) is 10.6. The molecule has 0 aliphatic heterocycles. The van der Waals surface area contributed by atoms with Gasteiger partial charge in [-0.05, 0) is 48.2 Å². The van der Waals surface area contributed by atoms with Gasteiger partial charge in [-0.2, -0.15) is 0 Å². The van der Waals surface area contributed by atoms with Crippen molar-refractivity contribution < 1.29 is 4.79 Å². The van der Waals surface area contributed by atoms with Crippen molar-refractivity contribution >= 4 is 23.2 Å². The lowest BCUT2D eigenvalue weighted by atomic mass is 10.0. The second kappa shape index (κ2) is 8.18. The van der Waals surface area contributed by atoms with Crippen molar-refractivity contribution in [2.75, 3.05) is 5.32 Å². The number of rotatable bonds is 5. The van der Waals surface area contributed by atoms with Crippen LogP contribution in [0.15, 0.2) is 53.5 Å². The maximum absolute atomic E-state index is 12.7. The molecule has 3 aromatic rings. The van der Waals surface area contributed by atoms with E-state index in [0.29, 0.717) is 16.4 Å². The molecule has 0 aliphatic carbocycles. The minimum atomic E-state index is -0.487. The van der Waals surface area contributed by atoms with E-state index >= 15 is 0 Å². The molecule has 0 radical (unpaired) electrons. The highest BCUT2D eigenvalue weighted by molar-refractivity contribution is 6.30. The molecule has 0 spiro atoms. The standard InChI is InChI=1S/C21H20ClN3O2/c1-3-13-6-5-7-14(4-2)18(13)24-20(26)17-12-23-19(25-21(17)27)15-8-10-16(22)11-9-15/h5-12H,3-4H2,1-2H3,(H,24,26)(H,23,25,27). The first-order chi connectivity index (χ1) is 13.0. The van der Waals surface area contributed by atoms with Gasteiger partial charge in [0.05, 0.1) is 0 Å². The Morgan fingerprint density at radius 3 is 2.26 bits per heavy atom. The number of hydrogen-bond donors (Lipinski definition) is 2. The monoisotopic (exact) mass is 381 g/mol. The number of hydrogen-bond acceptors (Lipinski definition) is 3. The Hall–Kier alpha value is -2.92. The highest BCUT2D eigenvalue weighted by Gasteiger charge is 2.16. The van der Waals surface area contributed by atoms with E-state index in [1.54, 1.807) is 24.3 Å². The number of nitrogens with one attached hydrogen (secondary N) is 2. The molecule has 138 valence electrons. The van der Waals surface area contributed by atoms with Crippen LogP contribution in [0.2, 0.25) is 5.02 Å². The molecule has 3 rings (SSSR count). The number of amides is 1. The van der Waals surface area contributed by atoms with Crippen LogP contribution in [0.25, 0.3) is 11.4 Å². The summed E-state index contributed by atoms with van der Waals surface area (Å²) in [5.74, 6) is -0.0848. The van der Waals surface area contributed by atoms with Gasteiger partial charge >= 0.3 is 0 Å². The lowest BCUT2D eigenvalue weighted by molar-refractivity contribution is 0.102. The van der Waals surface area contributed by atoms with Crippen molar-refractivity contribution in [3.05, 3.63) is 80.7 Å². The average molecular weight is 382 g/mol. The fourth-order valence-electron chi connectivity index (χ4n) is 2.90. The first-order valence-corrected chi connectivity index (χ1v) is 9.18. The second-order valence-corrected chi connectivity index (χ2v) is 6.53. The maximum Gasteiger partial charge on any atom is 0.264 e. The van der Waals surface area contributed by atoms with E-state index in [-0.39, 0.29) is 5.56 Å². The fraction of sp³-hybridized carbons (Fsp3) is 0.190. The Balaban J connectivity index is 1.90. The number of carbonyl (C=O) groups is 1. The van der Waals surface area contributed by atoms with Crippen molar-refractivity contribution in [1.82, 2.24) is 9.97 Å². The number of nitrogens with zero attached hydrogens (tertiary/aromatic N) is 1. The number of benzene rings is 2. The highest BCUT2D eigenvalue weighted by Crippen LogP contribution is 2.23. The molecule has 0 atom stereocenters. The van der Waals surface area contributed by atoms with Gasteiger partial charge in [0.25, 0.3) is 11.5 Å². The Kier molecular flexibility index (Phi) is 5.72. The van der Waals surface area contributed by atoms with Gasteiger partial charge in [0.2, 0.25) is 0 Å². The number of anilines is 1. The summed E-state index contributed by atoms with van der Waals surface area (Å²) in [5, 5.41) is 3.48. The minimum Gasteiger partial charge on any atom is -0.321 e. The highest BCUT2D eigenvalue weighted by atomic mass is 35.5. The Morgan fingerprint density at radius 2 is 1.70 bits per heavy atom. The van der Waals surface area contributed by atoms with Crippen molar-refractivity contribution in [3.8, 4) is 11.4 Å². The smallest absolute Gasteiger partial charge is 0.264 e. The summed E-state index contributed by atoms with van der Waals surface area (Å²) < 4.78 is 0. The fourth-order valence-corrected chi connectivity index (χ4v) is 3.02. The van der Waals surface area contributed by atoms with Crippen LogP contribution in [0, 0.1) is 0 Å².